The van der Waals surface area contributed by atoms with Gasteiger partial charge in [0.1, 0.15) is 16.9 Å². The maximum Gasteiger partial charge on any atom is 0.336 e. The van der Waals surface area contributed by atoms with Gasteiger partial charge in [0.05, 0.1) is 10.8 Å². The van der Waals surface area contributed by atoms with Gasteiger partial charge < -0.3 is 8.83 Å². The van der Waals surface area contributed by atoms with Gasteiger partial charge in [-0.25, -0.2) is 4.79 Å². The first-order valence-corrected chi connectivity index (χ1v) is 7.21. The van der Waals surface area contributed by atoms with Gasteiger partial charge in [-0.1, -0.05) is 30.3 Å². The molecule has 0 N–H and O–H groups in total. The van der Waals surface area contributed by atoms with Gasteiger partial charge in [0.25, 0.3) is 0 Å². The van der Waals surface area contributed by atoms with Gasteiger partial charge >= 0.3 is 5.63 Å². The van der Waals surface area contributed by atoms with Crippen molar-refractivity contribution < 1.29 is 8.83 Å². The lowest BCUT2D eigenvalue weighted by atomic mass is 10.0. The van der Waals surface area contributed by atoms with Crippen LogP contribution in [0, 0.1) is 6.92 Å². The van der Waals surface area contributed by atoms with E-state index in [0.29, 0.717) is 33.3 Å². The summed E-state index contributed by atoms with van der Waals surface area (Å²) in [5.41, 5.74) is 1.70. The third kappa shape index (κ3) is 2.07. The predicted molar refractivity (Wildman–Crippen MR) is 88.7 cm³/mol. The van der Waals surface area contributed by atoms with Crippen LogP contribution in [0.4, 0.5) is 0 Å². The minimum Gasteiger partial charge on any atom is -0.455 e. The van der Waals surface area contributed by atoms with E-state index in [-0.39, 0.29) is 5.43 Å². The lowest BCUT2D eigenvalue weighted by Crippen LogP contribution is -2.07. The summed E-state index contributed by atoms with van der Waals surface area (Å²) in [6.45, 7) is 1.75. The molecule has 2 aromatic carbocycles. The van der Waals surface area contributed by atoms with Crippen molar-refractivity contribution in [2.24, 2.45) is 0 Å². The van der Waals surface area contributed by atoms with Crippen molar-refractivity contribution in [2.45, 2.75) is 6.92 Å². The Morgan fingerprint density at radius 2 is 1.52 bits per heavy atom. The maximum absolute atomic E-state index is 12.7. The zero-order chi connectivity index (χ0) is 16.0. The molecule has 23 heavy (non-hydrogen) atoms. The number of hydrogen-bond acceptors (Lipinski definition) is 4. The van der Waals surface area contributed by atoms with Crippen molar-refractivity contribution in [2.75, 3.05) is 0 Å². The Bertz CT molecular complexity index is 1150. The van der Waals surface area contributed by atoms with Gasteiger partial charge in [0.15, 0.2) is 5.43 Å². The highest BCUT2D eigenvalue weighted by atomic mass is 16.4. The Morgan fingerprint density at radius 3 is 2.30 bits per heavy atom. The summed E-state index contributed by atoms with van der Waals surface area (Å²) in [7, 11) is 0. The van der Waals surface area contributed by atoms with Crippen molar-refractivity contribution in [1.29, 1.82) is 0 Å². The quantitative estimate of drug-likeness (QED) is 0.395. The van der Waals surface area contributed by atoms with E-state index in [1.54, 1.807) is 25.1 Å². The Hall–Kier alpha value is -3.14. The summed E-state index contributed by atoms with van der Waals surface area (Å²) in [5, 5.41) is 1.08. The van der Waals surface area contributed by atoms with Crippen molar-refractivity contribution in [1.82, 2.24) is 0 Å². The van der Waals surface area contributed by atoms with E-state index in [4.69, 9.17) is 8.83 Å². The van der Waals surface area contributed by atoms with Crippen LogP contribution in [0.1, 0.15) is 5.56 Å². The van der Waals surface area contributed by atoms with Crippen LogP contribution in [-0.4, -0.2) is 0 Å². The minimum absolute atomic E-state index is 0.0850. The first-order chi connectivity index (χ1) is 11.1. The Morgan fingerprint density at radius 1 is 0.783 bits per heavy atom. The fraction of sp³-hybridized carbons (Fsp3) is 0.0526. The molecule has 0 aliphatic carbocycles. The molecule has 0 radical (unpaired) electrons. The lowest BCUT2D eigenvalue weighted by molar-refractivity contribution is 0.559. The molecule has 4 rings (SSSR count). The van der Waals surface area contributed by atoms with E-state index in [2.05, 4.69) is 0 Å². The summed E-state index contributed by atoms with van der Waals surface area (Å²) >= 11 is 0. The van der Waals surface area contributed by atoms with Gasteiger partial charge in [0, 0.05) is 17.2 Å². The predicted octanol–water partition coefficient (Wildman–Crippen LogP) is 3.87. The standard InChI is InChI=1S/C19H12O4/c1-11-17(21)14-7-9-15-13(8-10-16(20)22-15)19(14)23-18(11)12-5-3-2-4-6-12/h2-10H,1H3. The average molecular weight is 304 g/mol. The molecule has 0 bridgehead atoms. The van der Waals surface area contributed by atoms with E-state index in [9.17, 15) is 9.59 Å². The van der Waals surface area contributed by atoms with Crippen molar-refractivity contribution in [3.05, 3.63) is 80.8 Å². The highest BCUT2D eigenvalue weighted by Gasteiger charge is 2.15. The summed E-state index contributed by atoms with van der Waals surface area (Å²) in [6.07, 6.45) is 0. The lowest BCUT2D eigenvalue weighted by Gasteiger charge is -2.08. The minimum atomic E-state index is -0.436. The van der Waals surface area contributed by atoms with Gasteiger partial charge in [-0.3, -0.25) is 4.79 Å². The summed E-state index contributed by atoms with van der Waals surface area (Å²) < 4.78 is 11.2. The highest BCUT2D eigenvalue weighted by Crippen LogP contribution is 2.29. The molecule has 0 amide bonds. The fourth-order valence-corrected chi connectivity index (χ4v) is 2.76. The van der Waals surface area contributed by atoms with Crippen LogP contribution in [0.2, 0.25) is 0 Å². The molecule has 2 aromatic heterocycles. The second kappa shape index (κ2) is 4.95. The molecule has 4 heteroatoms. The number of fused-ring (bicyclic) bond motifs is 3. The third-order valence-electron chi connectivity index (χ3n) is 3.92. The van der Waals surface area contributed by atoms with Gasteiger partial charge in [-0.15, -0.1) is 0 Å². The van der Waals surface area contributed by atoms with Gasteiger partial charge in [-0.05, 0) is 25.1 Å². The molecule has 0 spiro atoms. The Labute approximate surface area is 130 Å². The van der Waals surface area contributed by atoms with Crippen LogP contribution >= 0.6 is 0 Å². The SMILES string of the molecule is Cc1c(-c2ccccc2)oc2c(ccc3oc(=O)ccc32)c1=O. The molecule has 0 aliphatic rings. The van der Waals surface area contributed by atoms with E-state index in [0.717, 1.165) is 5.56 Å². The largest absolute Gasteiger partial charge is 0.455 e. The fourth-order valence-electron chi connectivity index (χ4n) is 2.76. The third-order valence-corrected chi connectivity index (χ3v) is 3.92. The first-order valence-electron chi connectivity index (χ1n) is 7.21. The zero-order valence-electron chi connectivity index (χ0n) is 12.3. The second-order valence-electron chi connectivity index (χ2n) is 5.36. The number of benzene rings is 2. The molecule has 2 heterocycles. The van der Waals surface area contributed by atoms with E-state index in [1.807, 2.05) is 30.3 Å². The second-order valence-corrected chi connectivity index (χ2v) is 5.36. The number of rotatable bonds is 1. The normalized spacial score (nSPS) is 11.2. The molecule has 4 aromatic rings. The van der Waals surface area contributed by atoms with Crippen LogP contribution in [0.25, 0.3) is 33.3 Å². The molecule has 0 unspecified atom stereocenters. The Kier molecular flexibility index (Phi) is 2.91. The van der Waals surface area contributed by atoms with Crippen LogP contribution in [0.5, 0.6) is 0 Å². The number of hydrogen-bond donors (Lipinski definition) is 0. The molecule has 0 aliphatic heterocycles. The van der Waals surface area contributed by atoms with Crippen molar-refractivity contribution in [3.8, 4) is 11.3 Å². The summed E-state index contributed by atoms with van der Waals surface area (Å²) in [4.78, 5) is 24.1. The molecule has 0 fully saturated rings. The average Bonchev–Trinajstić information content (AvgIpc) is 2.58. The van der Waals surface area contributed by atoms with Gasteiger partial charge in [-0.2, -0.15) is 0 Å². The molecule has 0 saturated carbocycles. The van der Waals surface area contributed by atoms with Crippen molar-refractivity contribution in [3.63, 3.8) is 0 Å². The van der Waals surface area contributed by atoms with E-state index in [1.165, 1.54) is 6.07 Å². The topological polar surface area (TPSA) is 60.4 Å². The first kappa shape index (κ1) is 13.5. The zero-order valence-corrected chi connectivity index (χ0v) is 12.3. The van der Waals surface area contributed by atoms with E-state index >= 15 is 0 Å². The monoisotopic (exact) mass is 304 g/mol. The Balaban J connectivity index is 2.18. The maximum atomic E-state index is 12.7. The van der Waals surface area contributed by atoms with Gasteiger partial charge in [0.2, 0.25) is 0 Å². The molecule has 4 nitrogen and oxygen atoms in total. The smallest absolute Gasteiger partial charge is 0.336 e. The molecule has 112 valence electrons. The summed E-state index contributed by atoms with van der Waals surface area (Å²) in [5.74, 6) is 0.529. The van der Waals surface area contributed by atoms with E-state index < -0.39 is 5.63 Å². The van der Waals surface area contributed by atoms with Crippen LogP contribution in [-0.2, 0) is 0 Å². The molecular weight excluding hydrogens is 292 g/mol. The highest BCUT2D eigenvalue weighted by molar-refractivity contribution is 6.02. The van der Waals surface area contributed by atoms with Crippen molar-refractivity contribution >= 4 is 21.9 Å². The summed E-state index contributed by atoms with van der Waals surface area (Å²) in [6, 6.07) is 15.7. The molecule has 0 saturated heterocycles. The molecular formula is C19H12O4. The van der Waals surface area contributed by atoms with Crippen LogP contribution in [0.15, 0.2) is 73.0 Å². The van der Waals surface area contributed by atoms with Crippen LogP contribution < -0.4 is 11.1 Å². The molecule has 0 atom stereocenters. The van der Waals surface area contributed by atoms with Crippen LogP contribution in [0.3, 0.4) is 0 Å².